The summed E-state index contributed by atoms with van der Waals surface area (Å²) in [6.07, 6.45) is 1.24. The maximum Gasteiger partial charge on any atom is 0.264 e. The van der Waals surface area contributed by atoms with Crippen LogP contribution in [0.2, 0.25) is 0 Å². The van der Waals surface area contributed by atoms with Crippen LogP contribution in [-0.4, -0.2) is 35.1 Å². The van der Waals surface area contributed by atoms with Crippen LogP contribution in [0.1, 0.15) is 37.4 Å². The first-order chi connectivity index (χ1) is 16.8. The van der Waals surface area contributed by atoms with E-state index in [1.165, 1.54) is 16.4 Å². The molecule has 3 rings (SSSR count). The molecule has 0 radical (unpaired) electrons. The van der Waals surface area contributed by atoms with Crippen molar-refractivity contribution < 1.29 is 22.7 Å². The number of ether oxygens (including phenoxy) is 2. The van der Waals surface area contributed by atoms with E-state index < -0.39 is 15.9 Å². The molecule has 35 heavy (non-hydrogen) atoms. The van der Waals surface area contributed by atoms with Crippen LogP contribution in [0.4, 0.5) is 5.69 Å². The molecule has 0 spiro atoms. The van der Waals surface area contributed by atoms with Crippen LogP contribution in [0, 0.1) is 0 Å². The lowest BCUT2D eigenvalue weighted by atomic mass is 10.0. The second kappa shape index (κ2) is 11.8. The third-order valence-corrected chi connectivity index (χ3v) is 7.59. The maximum atomic E-state index is 13.6. The molecule has 3 aromatic rings. The van der Waals surface area contributed by atoms with Gasteiger partial charge in [0.25, 0.3) is 10.0 Å². The number of nitrogens with one attached hydrogen (secondary N) is 1. The molecular formula is C27H32N2O5S. The lowest BCUT2D eigenvalue weighted by Gasteiger charge is -2.27. The van der Waals surface area contributed by atoms with Gasteiger partial charge < -0.3 is 14.8 Å². The number of hydrogen-bond acceptors (Lipinski definition) is 5. The number of benzene rings is 3. The minimum atomic E-state index is -3.97. The number of sulfonamides is 1. The molecule has 0 fully saturated rings. The minimum absolute atomic E-state index is 0.130. The van der Waals surface area contributed by atoms with E-state index in [0.29, 0.717) is 30.0 Å². The van der Waals surface area contributed by atoms with Crippen LogP contribution >= 0.6 is 0 Å². The fourth-order valence-electron chi connectivity index (χ4n) is 3.93. The quantitative estimate of drug-likeness (QED) is 0.415. The molecule has 1 N–H and O–H groups in total. The summed E-state index contributed by atoms with van der Waals surface area (Å²) in [4.78, 5) is 13.4. The van der Waals surface area contributed by atoms with Crippen LogP contribution in [0.15, 0.2) is 77.7 Å². The minimum Gasteiger partial charge on any atom is -0.493 e. The highest BCUT2D eigenvalue weighted by atomic mass is 32.2. The number of rotatable bonds is 11. The average molecular weight is 497 g/mol. The van der Waals surface area contributed by atoms with Crippen molar-refractivity contribution in [2.24, 2.45) is 0 Å². The number of carbonyl (C=O) groups is 1. The van der Waals surface area contributed by atoms with Crippen molar-refractivity contribution in [1.82, 2.24) is 5.32 Å². The van der Waals surface area contributed by atoms with Crippen LogP contribution < -0.4 is 19.1 Å². The Kier molecular flexibility index (Phi) is 8.76. The van der Waals surface area contributed by atoms with Gasteiger partial charge in [0.2, 0.25) is 5.91 Å². The normalized spacial score (nSPS) is 12.0. The van der Waals surface area contributed by atoms with Crippen molar-refractivity contribution in [3.05, 3.63) is 83.9 Å². The molecule has 0 heterocycles. The Bertz CT molecular complexity index is 1250. The summed E-state index contributed by atoms with van der Waals surface area (Å²) in [7, 11) is -0.856. The topological polar surface area (TPSA) is 84.9 Å². The largest absolute Gasteiger partial charge is 0.493 e. The summed E-state index contributed by atoms with van der Waals surface area (Å²) in [5.74, 6) is 0.744. The zero-order valence-electron chi connectivity index (χ0n) is 20.5. The first-order valence-corrected chi connectivity index (χ1v) is 13.0. The summed E-state index contributed by atoms with van der Waals surface area (Å²) >= 11 is 0. The molecule has 1 unspecified atom stereocenters. The summed E-state index contributed by atoms with van der Waals surface area (Å²) in [6.45, 7) is 3.56. The van der Waals surface area contributed by atoms with Gasteiger partial charge in [-0.15, -0.1) is 0 Å². The van der Waals surface area contributed by atoms with Crippen molar-refractivity contribution in [3.63, 3.8) is 0 Å². The Balaban J connectivity index is 1.93. The van der Waals surface area contributed by atoms with Gasteiger partial charge in [-0.05, 0) is 54.3 Å². The van der Waals surface area contributed by atoms with E-state index in [4.69, 9.17) is 9.47 Å². The molecule has 1 amide bonds. The number of methoxy groups -OCH3 is 2. The molecule has 0 bridgehead atoms. The Morgan fingerprint density at radius 2 is 1.57 bits per heavy atom. The van der Waals surface area contributed by atoms with E-state index in [1.807, 2.05) is 38.1 Å². The zero-order chi connectivity index (χ0) is 25.4. The second-order valence-corrected chi connectivity index (χ2v) is 9.81. The van der Waals surface area contributed by atoms with Crippen molar-refractivity contribution in [3.8, 4) is 11.5 Å². The smallest absolute Gasteiger partial charge is 0.264 e. The molecule has 8 heteroatoms. The van der Waals surface area contributed by atoms with Crippen molar-refractivity contribution in [1.29, 1.82) is 0 Å². The molecule has 0 saturated carbocycles. The SMILES string of the molecule is CCc1ccccc1N(CC(=O)NC(CC)c1ccc(OC)c(OC)c1)S(=O)(=O)c1ccccc1. The summed E-state index contributed by atoms with van der Waals surface area (Å²) in [5, 5.41) is 2.99. The molecule has 0 aromatic heterocycles. The van der Waals surface area contributed by atoms with Crippen molar-refractivity contribution >= 4 is 21.6 Å². The molecule has 0 aliphatic carbocycles. The van der Waals surface area contributed by atoms with E-state index in [1.54, 1.807) is 50.6 Å². The Morgan fingerprint density at radius 3 is 2.20 bits per heavy atom. The number of para-hydroxylation sites is 1. The summed E-state index contributed by atoms with van der Waals surface area (Å²) < 4.78 is 39.2. The standard InChI is InChI=1S/C27H32N2O5S/c1-5-20-12-10-11-15-24(20)29(35(31,32)22-13-8-7-9-14-22)19-27(30)28-23(6-2)21-16-17-25(33-3)26(18-21)34-4/h7-18,23H,5-6,19H2,1-4H3,(H,28,30). The van der Waals surface area contributed by atoms with Crippen LogP contribution in [0.5, 0.6) is 11.5 Å². The van der Waals surface area contributed by atoms with Crippen molar-refractivity contribution in [2.75, 3.05) is 25.1 Å². The van der Waals surface area contributed by atoms with E-state index in [2.05, 4.69) is 5.32 Å². The van der Waals surface area contributed by atoms with Gasteiger partial charge in [0, 0.05) is 0 Å². The van der Waals surface area contributed by atoms with Gasteiger partial charge in [-0.3, -0.25) is 9.10 Å². The van der Waals surface area contributed by atoms with Gasteiger partial charge in [0.15, 0.2) is 11.5 Å². The molecule has 0 saturated heterocycles. The van der Waals surface area contributed by atoms with Gasteiger partial charge in [-0.1, -0.05) is 56.3 Å². The molecular weight excluding hydrogens is 464 g/mol. The molecule has 1 atom stereocenters. The first kappa shape index (κ1) is 26.1. The zero-order valence-corrected chi connectivity index (χ0v) is 21.3. The van der Waals surface area contributed by atoms with Gasteiger partial charge in [-0.25, -0.2) is 8.42 Å². The van der Waals surface area contributed by atoms with E-state index in [0.717, 1.165) is 11.1 Å². The highest BCUT2D eigenvalue weighted by molar-refractivity contribution is 7.92. The fraction of sp³-hybridized carbons (Fsp3) is 0.296. The number of carbonyl (C=O) groups excluding carboxylic acids is 1. The molecule has 7 nitrogen and oxygen atoms in total. The molecule has 3 aromatic carbocycles. The van der Waals surface area contributed by atoms with Gasteiger partial charge in [-0.2, -0.15) is 0 Å². The Morgan fingerprint density at radius 1 is 0.914 bits per heavy atom. The lowest BCUT2D eigenvalue weighted by molar-refractivity contribution is -0.120. The van der Waals surface area contributed by atoms with Gasteiger partial charge >= 0.3 is 0 Å². The Hall–Kier alpha value is -3.52. The molecule has 0 aliphatic heterocycles. The maximum absolute atomic E-state index is 13.6. The number of aryl methyl sites for hydroxylation is 1. The van der Waals surface area contributed by atoms with E-state index in [9.17, 15) is 13.2 Å². The highest BCUT2D eigenvalue weighted by Gasteiger charge is 2.29. The van der Waals surface area contributed by atoms with E-state index in [-0.39, 0.29) is 17.5 Å². The summed E-state index contributed by atoms with van der Waals surface area (Å²) in [5.41, 5.74) is 2.17. The number of anilines is 1. The predicted molar refractivity (Wildman–Crippen MR) is 138 cm³/mol. The van der Waals surface area contributed by atoms with Crippen LogP contribution in [0.25, 0.3) is 0 Å². The predicted octanol–water partition coefficient (Wildman–Crippen LogP) is 4.73. The fourth-order valence-corrected chi connectivity index (χ4v) is 5.41. The number of hydrogen-bond donors (Lipinski definition) is 1. The average Bonchev–Trinajstić information content (AvgIpc) is 2.90. The monoisotopic (exact) mass is 496 g/mol. The second-order valence-electron chi connectivity index (χ2n) is 7.95. The van der Waals surface area contributed by atoms with Gasteiger partial charge in [0.1, 0.15) is 6.54 Å². The number of nitrogens with zero attached hydrogens (tertiary/aromatic N) is 1. The number of amides is 1. The lowest BCUT2D eigenvalue weighted by Crippen LogP contribution is -2.42. The third-order valence-electron chi connectivity index (χ3n) is 5.81. The van der Waals surface area contributed by atoms with Crippen molar-refractivity contribution in [2.45, 2.75) is 37.6 Å². The van der Waals surface area contributed by atoms with E-state index >= 15 is 0 Å². The van der Waals surface area contributed by atoms with Crippen LogP contribution in [0.3, 0.4) is 0 Å². The first-order valence-electron chi connectivity index (χ1n) is 11.5. The molecule has 186 valence electrons. The van der Waals surface area contributed by atoms with Gasteiger partial charge in [0.05, 0.1) is 30.8 Å². The highest BCUT2D eigenvalue weighted by Crippen LogP contribution is 2.31. The third kappa shape index (κ3) is 5.95. The Labute approximate surface area is 207 Å². The van der Waals surface area contributed by atoms with Crippen LogP contribution in [-0.2, 0) is 21.2 Å². The summed E-state index contributed by atoms with van der Waals surface area (Å²) in [6, 6.07) is 20.5. The molecule has 0 aliphatic rings.